The van der Waals surface area contributed by atoms with E-state index in [-0.39, 0.29) is 0 Å². The fraction of sp³-hybridized carbons (Fsp3) is 0.100. The van der Waals surface area contributed by atoms with E-state index in [0.29, 0.717) is 0 Å². The summed E-state index contributed by atoms with van der Waals surface area (Å²) in [7, 11) is 0. The summed E-state index contributed by atoms with van der Waals surface area (Å²) < 4.78 is 1.15. The summed E-state index contributed by atoms with van der Waals surface area (Å²) >= 11 is 9.38. The number of carbonyl (C=O) groups excluding carboxylic acids is 1. The minimum Gasteiger partial charge on any atom is -0.298 e. The van der Waals surface area contributed by atoms with E-state index in [4.69, 9.17) is 0 Å². The van der Waals surface area contributed by atoms with Gasteiger partial charge in [0.2, 0.25) is 0 Å². The molecule has 0 atom stereocenters. The van der Waals surface area contributed by atoms with Gasteiger partial charge in [-0.25, -0.2) is 0 Å². The number of benzene rings is 1. The van der Waals surface area contributed by atoms with Crippen LogP contribution in [0, 0.1) is 0 Å². The number of hydrogen-bond acceptors (Lipinski definition) is 3. The molecule has 0 saturated carbocycles. The average molecular weight is 287 g/mol. The van der Waals surface area contributed by atoms with Gasteiger partial charge < -0.3 is 0 Å². The molecule has 0 aliphatic carbocycles. The zero-order valence-electron chi connectivity index (χ0n) is 7.16. The van der Waals surface area contributed by atoms with Gasteiger partial charge in [-0.1, -0.05) is 22.0 Å². The standard InChI is InChI=1S/C10H7BrOS2/c11-3-6-1-2-8(13)9-7(4-12)5-14-10(6)9/h1-2,4-5,13H,3H2. The fourth-order valence-corrected chi connectivity index (χ4v) is 3.50. The van der Waals surface area contributed by atoms with E-state index in [1.807, 2.05) is 17.5 Å². The highest BCUT2D eigenvalue weighted by Crippen LogP contribution is 2.33. The van der Waals surface area contributed by atoms with E-state index in [1.165, 1.54) is 5.56 Å². The summed E-state index contributed by atoms with van der Waals surface area (Å²) in [6.45, 7) is 0. The van der Waals surface area contributed by atoms with Crippen LogP contribution in [0.3, 0.4) is 0 Å². The van der Waals surface area contributed by atoms with Crippen LogP contribution in [0.25, 0.3) is 10.1 Å². The Labute approximate surface area is 99.7 Å². The van der Waals surface area contributed by atoms with Gasteiger partial charge in [0, 0.05) is 31.3 Å². The van der Waals surface area contributed by atoms with Crippen molar-refractivity contribution < 1.29 is 4.79 Å². The molecule has 1 aromatic carbocycles. The summed E-state index contributed by atoms with van der Waals surface area (Å²) in [6, 6.07) is 3.96. The lowest BCUT2D eigenvalue weighted by molar-refractivity contribution is 0.112. The summed E-state index contributed by atoms with van der Waals surface area (Å²) in [5, 5.41) is 3.66. The lowest BCUT2D eigenvalue weighted by Crippen LogP contribution is -1.81. The third-order valence-corrected chi connectivity index (χ3v) is 4.13. The van der Waals surface area contributed by atoms with E-state index in [1.54, 1.807) is 11.3 Å². The van der Waals surface area contributed by atoms with Crippen molar-refractivity contribution in [2.24, 2.45) is 0 Å². The molecule has 0 radical (unpaired) electrons. The number of hydrogen-bond donors (Lipinski definition) is 1. The third-order valence-electron chi connectivity index (χ3n) is 2.08. The van der Waals surface area contributed by atoms with Crippen LogP contribution >= 0.6 is 39.9 Å². The van der Waals surface area contributed by atoms with Crippen molar-refractivity contribution >= 4 is 56.3 Å². The van der Waals surface area contributed by atoms with Gasteiger partial charge in [-0.2, -0.15) is 0 Å². The first-order valence-electron chi connectivity index (χ1n) is 4.01. The largest absolute Gasteiger partial charge is 0.298 e. The van der Waals surface area contributed by atoms with Crippen LogP contribution in [0.5, 0.6) is 0 Å². The molecule has 0 aliphatic rings. The maximum Gasteiger partial charge on any atom is 0.151 e. The van der Waals surface area contributed by atoms with Gasteiger partial charge in [0.25, 0.3) is 0 Å². The predicted molar refractivity (Wildman–Crippen MR) is 67.1 cm³/mol. The minimum absolute atomic E-state index is 0.734. The lowest BCUT2D eigenvalue weighted by atomic mass is 10.1. The molecular weight excluding hydrogens is 280 g/mol. The number of thiophene rings is 1. The van der Waals surface area contributed by atoms with Crippen molar-refractivity contribution in [3.63, 3.8) is 0 Å². The highest BCUT2D eigenvalue weighted by Gasteiger charge is 2.09. The molecule has 0 spiro atoms. The quantitative estimate of drug-likeness (QED) is 0.503. The normalized spacial score (nSPS) is 10.7. The van der Waals surface area contributed by atoms with Crippen LogP contribution in [-0.4, -0.2) is 6.29 Å². The number of fused-ring (bicyclic) bond motifs is 1. The van der Waals surface area contributed by atoms with Crippen LogP contribution in [0.4, 0.5) is 0 Å². The van der Waals surface area contributed by atoms with E-state index < -0.39 is 0 Å². The molecule has 0 fully saturated rings. The van der Waals surface area contributed by atoms with Crippen molar-refractivity contribution in [3.8, 4) is 0 Å². The first kappa shape index (κ1) is 10.2. The summed E-state index contributed by atoms with van der Waals surface area (Å²) in [6.07, 6.45) is 0.885. The second kappa shape index (κ2) is 4.04. The van der Waals surface area contributed by atoms with E-state index in [0.717, 1.165) is 32.2 Å². The Morgan fingerprint density at radius 3 is 2.93 bits per heavy atom. The van der Waals surface area contributed by atoms with E-state index >= 15 is 0 Å². The summed E-state index contributed by atoms with van der Waals surface area (Å²) in [4.78, 5) is 11.7. The lowest BCUT2D eigenvalue weighted by Gasteiger charge is -2.01. The highest BCUT2D eigenvalue weighted by atomic mass is 79.9. The minimum atomic E-state index is 0.734. The number of rotatable bonds is 2. The molecule has 0 bridgehead atoms. The van der Waals surface area contributed by atoms with Gasteiger partial charge in [-0.3, -0.25) is 4.79 Å². The maximum absolute atomic E-state index is 10.8. The second-order valence-electron chi connectivity index (χ2n) is 2.89. The van der Waals surface area contributed by atoms with Crippen LogP contribution in [0.1, 0.15) is 15.9 Å². The molecule has 1 nitrogen and oxygen atoms in total. The fourth-order valence-electron chi connectivity index (χ4n) is 1.40. The molecule has 0 amide bonds. The van der Waals surface area contributed by atoms with Gasteiger partial charge in [0.15, 0.2) is 6.29 Å². The summed E-state index contributed by atoms with van der Waals surface area (Å²) in [5.74, 6) is 0. The molecule has 72 valence electrons. The first-order valence-corrected chi connectivity index (χ1v) is 6.46. The zero-order chi connectivity index (χ0) is 10.1. The van der Waals surface area contributed by atoms with Crippen LogP contribution in [0.15, 0.2) is 22.4 Å². The van der Waals surface area contributed by atoms with Crippen LogP contribution in [-0.2, 0) is 5.33 Å². The van der Waals surface area contributed by atoms with Gasteiger partial charge in [0.1, 0.15) is 0 Å². The molecule has 2 rings (SSSR count). The molecule has 0 N–H and O–H groups in total. The molecule has 0 saturated heterocycles. The predicted octanol–water partition coefficient (Wildman–Crippen LogP) is 3.90. The molecule has 4 heteroatoms. The van der Waals surface area contributed by atoms with Crippen molar-refractivity contribution in [1.82, 2.24) is 0 Å². The third kappa shape index (κ3) is 1.51. The summed E-state index contributed by atoms with van der Waals surface area (Å²) in [5.41, 5.74) is 1.94. The number of thiol groups is 1. The van der Waals surface area contributed by atoms with Crippen molar-refractivity contribution in [1.29, 1.82) is 0 Å². The average Bonchev–Trinajstić information content (AvgIpc) is 2.63. The number of halogens is 1. The van der Waals surface area contributed by atoms with Gasteiger partial charge >= 0.3 is 0 Å². The second-order valence-corrected chi connectivity index (χ2v) is 4.81. The number of carbonyl (C=O) groups is 1. The Balaban J connectivity index is 2.86. The molecule has 1 heterocycles. The van der Waals surface area contributed by atoms with Crippen LogP contribution < -0.4 is 0 Å². The highest BCUT2D eigenvalue weighted by molar-refractivity contribution is 9.08. The Morgan fingerprint density at radius 1 is 1.50 bits per heavy atom. The molecule has 0 unspecified atom stereocenters. The SMILES string of the molecule is O=Cc1csc2c(CBr)ccc(S)c12. The maximum atomic E-state index is 10.8. The molecule has 0 aliphatic heterocycles. The molecule has 2 aromatic rings. The Morgan fingerprint density at radius 2 is 2.29 bits per heavy atom. The van der Waals surface area contributed by atoms with Crippen LogP contribution in [0.2, 0.25) is 0 Å². The van der Waals surface area contributed by atoms with E-state index in [9.17, 15) is 4.79 Å². The smallest absolute Gasteiger partial charge is 0.151 e. The Hall–Kier alpha value is -0.320. The monoisotopic (exact) mass is 286 g/mol. The Kier molecular flexibility index (Phi) is 2.95. The molecule has 14 heavy (non-hydrogen) atoms. The molecular formula is C10H7BrOS2. The topological polar surface area (TPSA) is 17.1 Å². The van der Waals surface area contributed by atoms with Crippen molar-refractivity contribution in [2.45, 2.75) is 10.2 Å². The first-order chi connectivity index (χ1) is 6.77. The van der Waals surface area contributed by atoms with Gasteiger partial charge in [0.05, 0.1) is 0 Å². The Bertz CT molecular complexity index is 490. The molecule has 1 aromatic heterocycles. The number of aldehydes is 1. The van der Waals surface area contributed by atoms with Crippen molar-refractivity contribution in [2.75, 3.05) is 0 Å². The van der Waals surface area contributed by atoms with Gasteiger partial charge in [-0.15, -0.1) is 24.0 Å². The number of alkyl halides is 1. The van der Waals surface area contributed by atoms with E-state index in [2.05, 4.69) is 28.6 Å². The van der Waals surface area contributed by atoms with Crippen molar-refractivity contribution in [3.05, 3.63) is 28.6 Å². The van der Waals surface area contributed by atoms with Gasteiger partial charge in [-0.05, 0) is 11.6 Å². The zero-order valence-corrected chi connectivity index (χ0v) is 10.5.